The highest BCUT2D eigenvalue weighted by Crippen LogP contribution is 2.07. The summed E-state index contributed by atoms with van der Waals surface area (Å²) < 4.78 is 0. The van der Waals surface area contributed by atoms with Crippen LogP contribution < -0.4 is 5.90 Å². The predicted octanol–water partition coefficient (Wildman–Crippen LogP) is 1.74. The Hall–Kier alpha value is -1.45. The van der Waals surface area contributed by atoms with E-state index in [2.05, 4.69) is 27.9 Å². The lowest BCUT2D eigenvalue weighted by Crippen LogP contribution is -1.86. The highest BCUT2D eigenvalue weighted by molar-refractivity contribution is 5.77. The van der Waals surface area contributed by atoms with Crippen LogP contribution in [0.15, 0.2) is 42.6 Å². The zero-order valence-electron chi connectivity index (χ0n) is 7.47. The minimum Gasteiger partial charge on any atom is -0.308 e. The average molecular weight is 176 g/mol. The van der Waals surface area contributed by atoms with Gasteiger partial charge in [-0.25, -0.2) is 5.90 Å². The van der Waals surface area contributed by atoms with Crippen LogP contribution in [-0.4, -0.2) is 12.1 Å². The van der Waals surface area contributed by atoms with Gasteiger partial charge in [0.1, 0.15) is 0 Å². The smallest absolute Gasteiger partial charge is 0.0701 e. The van der Waals surface area contributed by atoms with Crippen LogP contribution in [0, 0.1) is 0 Å². The summed E-state index contributed by atoms with van der Waals surface area (Å²) in [6, 6.07) is 12.1. The summed E-state index contributed by atoms with van der Waals surface area (Å²) in [5, 5.41) is 1.20. The van der Waals surface area contributed by atoms with E-state index in [4.69, 9.17) is 0 Å². The number of nitrogens with two attached hydrogens (primary N) is 1. The summed E-state index contributed by atoms with van der Waals surface area (Å²) in [5.74, 6) is 4.35. The molecule has 1 heterocycles. The van der Waals surface area contributed by atoms with Gasteiger partial charge >= 0.3 is 0 Å². The van der Waals surface area contributed by atoms with Crippen molar-refractivity contribution >= 4 is 10.9 Å². The first kappa shape index (κ1) is 9.64. The zero-order valence-corrected chi connectivity index (χ0v) is 7.47. The first-order chi connectivity index (χ1) is 6.38. The second-order valence-corrected chi connectivity index (χ2v) is 2.43. The lowest BCUT2D eigenvalue weighted by atomic mass is 10.2. The molecule has 13 heavy (non-hydrogen) atoms. The molecule has 68 valence electrons. The third-order valence-electron chi connectivity index (χ3n) is 1.51. The van der Waals surface area contributed by atoms with E-state index in [-0.39, 0.29) is 0 Å². The van der Waals surface area contributed by atoms with E-state index in [1.807, 2.05) is 30.5 Å². The van der Waals surface area contributed by atoms with Crippen LogP contribution in [0.1, 0.15) is 0 Å². The topological polar surface area (TPSA) is 48.1 Å². The Kier molecular flexibility index (Phi) is 3.88. The molecule has 0 aliphatic heterocycles. The van der Waals surface area contributed by atoms with Gasteiger partial charge in [-0.1, -0.05) is 24.3 Å². The number of hydrogen-bond donors (Lipinski definition) is 1. The van der Waals surface area contributed by atoms with Gasteiger partial charge in [0.05, 0.1) is 12.6 Å². The van der Waals surface area contributed by atoms with Gasteiger partial charge < -0.3 is 4.84 Å². The Morgan fingerprint density at radius 3 is 2.46 bits per heavy atom. The highest BCUT2D eigenvalue weighted by atomic mass is 16.6. The van der Waals surface area contributed by atoms with Crippen molar-refractivity contribution in [3.05, 3.63) is 42.6 Å². The first-order valence-electron chi connectivity index (χ1n) is 3.91. The maximum atomic E-state index is 4.35. The van der Waals surface area contributed by atoms with Crippen LogP contribution in [-0.2, 0) is 4.84 Å². The number of benzene rings is 1. The fourth-order valence-electron chi connectivity index (χ4n) is 1.02. The standard InChI is InChI=1S/C9H7N.CH5NO/c1-2-6-9-8(4-1)5-3-7-10-9;1-3-2/h1-7H;2H2,1H3. The van der Waals surface area contributed by atoms with Crippen LogP contribution in [0.3, 0.4) is 0 Å². The molecule has 0 radical (unpaired) electrons. The number of aromatic nitrogens is 1. The monoisotopic (exact) mass is 176 g/mol. The molecule has 2 rings (SSSR count). The summed E-state index contributed by atoms with van der Waals surface area (Å²) in [6.45, 7) is 0. The Balaban J connectivity index is 0.000000251. The first-order valence-corrected chi connectivity index (χ1v) is 3.91. The van der Waals surface area contributed by atoms with Gasteiger partial charge in [0, 0.05) is 11.6 Å². The molecule has 1 aromatic heterocycles. The maximum absolute atomic E-state index is 4.35. The Morgan fingerprint density at radius 2 is 1.77 bits per heavy atom. The summed E-state index contributed by atoms with van der Waals surface area (Å²) in [5.41, 5.74) is 1.06. The molecular formula is C10H12N2O. The Labute approximate surface area is 77.1 Å². The molecule has 3 nitrogen and oxygen atoms in total. The molecule has 0 saturated heterocycles. The molecule has 2 aromatic rings. The van der Waals surface area contributed by atoms with Crippen molar-refractivity contribution in [2.75, 3.05) is 7.11 Å². The van der Waals surface area contributed by atoms with Crippen molar-refractivity contribution < 1.29 is 4.84 Å². The molecule has 2 N–H and O–H groups in total. The zero-order chi connectivity index (χ0) is 9.52. The third kappa shape index (κ3) is 2.82. The lowest BCUT2D eigenvalue weighted by Gasteiger charge is -1.91. The number of para-hydroxylation sites is 1. The maximum Gasteiger partial charge on any atom is 0.0701 e. The van der Waals surface area contributed by atoms with Gasteiger partial charge in [-0.2, -0.15) is 0 Å². The Morgan fingerprint density at radius 1 is 1.15 bits per heavy atom. The molecule has 0 saturated carbocycles. The lowest BCUT2D eigenvalue weighted by molar-refractivity contribution is 0.206. The van der Waals surface area contributed by atoms with Crippen molar-refractivity contribution in [2.24, 2.45) is 5.90 Å². The van der Waals surface area contributed by atoms with Gasteiger partial charge in [-0.15, -0.1) is 0 Å². The second kappa shape index (κ2) is 5.24. The molecule has 0 spiro atoms. The van der Waals surface area contributed by atoms with E-state index < -0.39 is 0 Å². The minimum absolute atomic E-state index is 1.06. The quantitative estimate of drug-likeness (QED) is 0.622. The third-order valence-corrected chi connectivity index (χ3v) is 1.51. The molecule has 0 amide bonds. The molecule has 0 unspecified atom stereocenters. The van der Waals surface area contributed by atoms with Gasteiger partial charge in [0.15, 0.2) is 0 Å². The molecule has 0 aliphatic rings. The van der Waals surface area contributed by atoms with Crippen LogP contribution in [0.25, 0.3) is 10.9 Å². The van der Waals surface area contributed by atoms with Crippen LogP contribution in [0.4, 0.5) is 0 Å². The molecule has 0 fully saturated rings. The van der Waals surface area contributed by atoms with Crippen LogP contribution in [0.2, 0.25) is 0 Å². The molecule has 0 bridgehead atoms. The van der Waals surface area contributed by atoms with Gasteiger partial charge in [0.2, 0.25) is 0 Å². The fraction of sp³-hybridized carbons (Fsp3) is 0.100. The van der Waals surface area contributed by atoms with E-state index >= 15 is 0 Å². The summed E-state index contributed by atoms with van der Waals surface area (Å²) in [6.07, 6.45) is 1.81. The number of rotatable bonds is 0. The van der Waals surface area contributed by atoms with Crippen molar-refractivity contribution in [1.29, 1.82) is 0 Å². The van der Waals surface area contributed by atoms with Crippen molar-refractivity contribution in [2.45, 2.75) is 0 Å². The fourth-order valence-corrected chi connectivity index (χ4v) is 1.02. The molecule has 0 atom stereocenters. The van der Waals surface area contributed by atoms with E-state index in [0.29, 0.717) is 0 Å². The predicted molar refractivity (Wildman–Crippen MR) is 52.9 cm³/mol. The van der Waals surface area contributed by atoms with E-state index in [9.17, 15) is 0 Å². The molecule has 3 heteroatoms. The summed E-state index contributed by atoms with van der Waals surface area (Å²) in [4.78, 5) is 7.93. The molecule has 0 aliphatic carbocycles. The minimum atomic E-state index is 1.06. The van der Waals surface area contributed by atoms with Crippen LogP contribution in [0.5, 0.6) is 0 Å². The summed E-state index contributed by atoms with van der Waals surface area (Å²) in [7, 11) is 1.40. The van der Waals surface area contributed by atoms with Crippen molar-refractivity contribution in [3.63, 3.8) is 0 Å². The number of hydrogen-bond acceptors (Lipinski definition) is 3. The van der Waals surface area contributed by atoms with E-state index in [1.165, 1.54) is 12.5 Å². The number of fused-ring (bicyclic) bond motifs is 1. The van der Waals surface area contributed by atoms with Crippen molar-refractivity contribution in [3.8, 4) is 0 Å². The van der Waals surface area contributed by atoms with E-state index in [0.717, 1.165) is 5.52 Å². The Bertz CT molecular complexity index is 297. The number of pyridine rings is 1. The second-order valence-electron chi connectivity index (χ2n) is 2.43. The van der Waals surface area contributed by atoms with Gasteiger partial charge in [-0.3, -0.25) is 4.98 Å². The normalized spacial score (nSPS) is 9.08. The van der Waals surface area contributed by atoms with Crippen molar-refractivity contribution in [1.82, 2.24) is 4.98 Å². The van der Waals surface area contributed by atoms with E-state index in [1.54, 1.807) is 0 Å². The number of nitrogens with zero attached hydrogens (tertiary/aromatic N) is 1. The average Bonchev–Trinajstić information content (AvgIpc) is 2.19. The largest absolute Gasteiger partial charge is 0.308 e. The molecule has 1 aromatic carbocycles. The molecular weight excluding hydrogens is 164 g/mol. The summed E-state index contributed by atoms with van der Waals surface area (Å²) >= 11 is 0. The van der Waals surface area contributed by atoms with Crippen LogP contribution >= 0.6 is 0 Å². The van der Waals surface area contributed by atoms with Gasteiger partial charge in [-0.05, 0) is 12.1 Å². The highest BCUT2D eigenvalue weighted by Gasteiger charge is 1.86. The van der Waals surface area contributed by atoms with Gasteiger partial charge in [0.25, 0.3) is 0 Å². The SMILES string of the molecule is CON.c1ccc2ncccc2c1.